The van der Waals surface area contributed by atoms with Gasteiger partial charge in [0.05, 0.1) is 0 Å². The normalized spacial score (nSPS) is 7.96. The molecule has 0 radical (unpaired) electrons. The summed E-state index contributed by atoms with van der Waals surface area (Å²) in [4.78, 5) is 0. The van der Waals surface area contributed by atoms with Crippen molar-refractivity contribution in [2.75, 3.05) is 0 Å². The molecule has 2 aromatic carbocycles. The van der Waals surface area contributed by atoms with Crippen LogP contribution < -0.4 is 0 Å². The van der Waals surface area contributed by atoms with Crippen LogP contribution in [0.15, 0.2) is 73.3 Å². The summed E-state index contributed by atoms with van der Waals surface area (Å²) < 4.78 is 0. The van der Waals surface area contributed by atoms with Crippen molar-refractivity contribution in [3.63, 3.8) is 0 Å². The molecule has 0 heteroatoms. The smallest absolute Gasteiger partial charge is 0.0307 e. The van der Waals surface area contributed by atoms with E-state index in [-0.39, 0.29) is 0 Å². The van der Waals surface area contributed by atoms with Gasteiger partial charge in [-0.25, -0.2) is 0 Å². The molecule has 0 atom stereocenters. The van der Waals surface area contributed by atoms with Gasteiger partial charge in [0.1, 0.15) is 0 Å². The van der Waals surface area contributed by atoms with E-state index < -0.39 is 0 Å². The maximum Gasteiger partial charge on any atom is -0.0307 e. The van der Waals surface area contributed by atoms with E-state index in [1.165, 1.54) is 30.4 Å². The first-order valence-electron chi connectivity index (χ1n) is 10.2. The van der Waals surface area contributed by atoms with E-state index in [9.17, 15) is 0 Å². The average Bonchev–Trinajstić information content (AvgIpc) is 2.70. The molecule has 0 amide bonds. The first kappa shape index (κ1) is 29.0. The lowest BCUT2D eigenvalue weighted by Gasteiger charge is -1.89. The van der Waals surface area contributed by atoms with Crippen molar-refractivity contribution >= 4 is 0 Å². The van der Waals surface area contributed by atoms with Crippen molar-refractivity contribution in [1.29, 1.82) is 0 Å². The van der Waals surface area contributed by atoms with Gasteiger partial charge >= 0.3 is 0 Å². The van der Waals surface area contributed by atoms with Crippen LogP contribution in [0.2, 0.25) is 0 Å². The fourth-order valence-corrected chi connectivity index (χ4v) is 1.25. The Morgan fingerprint density at radius 1 is 0.692 bits per heavy atom. The highest BCUT2D eigenvalue weighted by Crippen LogP contribution is 1.96. The summed E-state index contributed by atoms with van der Waals surface area (Å²) in [6, 6.07) is 20.7. The molecule has 0 saturated carbocycles. The quantitative estimate of drug-likeness (QED) is 0.481. The molecule has 0 bridgehead atoms. The number of benzene rings is 2. The molecule has 0 fully saturated rings. The third kappa shape index (κ3) is 30.1. The summed E-state index contributed by atoms with van der Waals surface area (Å²) in [5.41, 5.74) is 2.73. The fraction of sp³-hybridized carbons (Fsp3) is 0.462. The van der Waals surface area contributed by atoms with Crippen LogP contribution in [0, 0.1) is 6.92 Å². The van der Waals surface area contributed by atoms with Gasteiger partial charge < -0.3 is 0 Å². The first-order valence-corrected chi connectivity index (χ1v) is 10.2. The Morgan fingerprint density at radius 3 is 1.19 bits per heavy atom. The summed E-state index contributed by atoms with van der Waals surface area (Å²) in [6.07, 6.45) is 7.99. The van der Waals surface area contributed by atoms with Gasteiger partial charge in [-0.05, 0) is 25.3 Å². The van der Waals surface area contributed by atoms with Crippen molar-refractivity contribution < 1.29 is 0 Å². The second-order valence-corrected chi connectivity index (χ2v) is 5.90. The number of hydrogen-bond donors (Lipinski definition) is 0. The second kappa shape index (κ2) is 28.0. The van der Waals surface area contributed by atoms with Gasteiger partial charge in [0, 0.05) is 0 Å². The fourth-order valence-electron chi connectivity index (χ4n) is 1.25. The van der Waals surface area contributed by atoms with E-state index in [4.69, 9.17) is 0 Å². The van der Waals surface area contributed by atoms with Gasteiger partial charge in [0.2, 0.25) is 0 Å². The summed E-state index contributed by atoms with van der Waals surface area (Å²) in [5.74, 6) is 0. The van der Waals surface area contributed by atoms with Crippen LogP contribution in [0.3, 0.4) is 0 Å². The van der Waals surface area contributed by atoms with Gasteiger partial charge in [-0.1, -0.05) is 133 Å². The molecule has 0 aliphatic carbocycles. The molecule has 0 aliphatic rings. The van der Waals surface area contributed by atoms with Crippen molar-refractivity contribution in [3.8, 4) is 0 Å². The van der Waals surface area contributed by atoms with Crippen molar-refractivity contribution in [2.24, 2.45) is 0 Å². The van der Waals surface area contributed by atoms with Crippen LogP contribution in [0.5, 0.6) is 0 Å². The zero-order valence-electron chi connectivity index (χ0n) is 18.6. The molecule has 2 aromatic rings. The molecule has 0 N–H and O–H groups in total. The molecule has 0 heterocycles. The maximum atomic E-state index is 3.48. The number of aryl methyl sites for hydroxylation is 2. The highest BCUT2D eigenvalue weighted by molar-refractivity contribution is 5.14. The van der Waals surface area contributed by atoms with E-state index in [1.807, 2.05) is 30.3 Å². The van der Waals surface area contributed by atoms with Crippen LogP contribution in [0.4, 0.5) is 0 Å². The Kier molecular flexibility index (Phi) is 31.2. The van der Waals surface area contributed by atoms with E-state index in [2.05, 4.69) is 91.4 Å². The Labute approximate surface area is 165 Å². The molecule has 0 nitrogen and oxygen atoms in total. The van der Waals surface area contributed by atoms with Gasteiger partial charge in [-0.3, -0.25) is 0 Å². The Morgan fingerprint density at radius 2 is 1.04 bits per heavy atom. The zero-order valence-corrected chi connectivity index (χ0v) is 18.6. The van der Waals surface area contributed by atoms with Gasteiger partial charge in [-0.15, -0.1) is 6.58 Å². The van der Waals surface area contributed by atoms with Gasteiger partial charge in [0.25, 0.3) is 0 Å². The summed E-state index contributed by atoms with van der Waals surface area (Å²) >= 11 is 0. The molecule has 148 valence electrons. The van der Waals surface area contributed by atoms with Gasteiger partial charge in [-0.2, -0.15) is 0 Å². The minimum atomic E-state index is 1.08. The summed E-state index contributed by atoms with van der Waals surface area (Å²) in [7, 11) is 0. The minimum Gasteiger partial charge on any atom is -0.103 e. The number of hydrogen-bond acceptors (Lipinski definition) is 0. The monoisotopic (exact) mass is 356 g/mol. The van der Waals surface area contributed by atoms with Crippen molar-refractivity contribution in [1.82, 2.24) is 0 Å². The predicted molar refractivity (Wildman–Crippen MR) is 124 cm³/mol. The SMILES string of the molecule is C=CCC.CCC.CCCC.CCc1ccccc1.Cc1ccccc1. The molecule has 0 aromatic heterocycles. The summed E-state index contributed by atoms with van der Waals surface area (Å²) in [6.45, 7) is 18.4. The number of allylic oxidation sites excluding steroid dienone is 1. The third-order valence-electron chi connectivity index (χ3n) is 2.98. The summed E-state index contributed by atoms with van der Waals surface area (Å²) in [5, 5.41) is 0. The lowest BCUT2D eigenvalue weighted by Crippen LogP contribution is -1.73. The Bertz CT molecular complexity index is 440. The first-order chi connectivity index (χ1) is 12.6. The molecule has 0 aliphatic heterocycles. The number of rotatable bonds is 3. The Balaban J connectivity index is -0.000000270. The molecule has 0 spiro atoms. The molecule has 2 rings (SSSR count). The molecular weight excluding hydrogens is 312 g/mol. The lowest BCUT2D eigenvalue weighted by atomic mass is 10.2. The highest BCUT2D eigenvalue weighted by Gasteiger charge is 1.80. The molecule has 26 heavy (non-hydrogen) atoms. The van der Waals surface area contributed by atoms with Gasteiger partial charge in [0.15, 0.2) is 0 Å². The average molecular weight is 357 g/mol. The second-order valence-electron chi connectivity index (χ2n) is 5.90. The van der Waals surface area contributed by atoms with E-state index in [0.29, 0.717) is 0 Å². The van der Waals surface area contributed by atoms with E-state index >= 15 is 0 Å². The van der Waals surface area contributed by atoms with Crippen LogP contribution in [-0.4, -0.2) is 0 Å². The molecule has 0 saturated heterocycles. The van der Waals surface area contributed by atoms with Crippen LogP contribution in [0.1, 0.15) is 78.4 Å². The highest BCUT2D eigenvalue weighted by atomic mass is 13.9. The predicted octanol–water partition coefficient (Wildman–Crippen LogP) is 9.05. The lowest BCUT2D eigenvalue weighted by molar-refractivity contribution is 0.886. The van der Waals surface area contributed by atoms with Crippen molar-refractivity contribution in [2.45, 2.75) is 80.6 Å². The van der Waals surface area contributed by atoms with E-state index in [1.54, 1.807) is 0 Å². The third-order valence-corrected chi connectivity index (χ3v) is 2.98. The largest absolute Gasteiger partial charge is 0.103 e. The van der Waals surface area contributed by atoms with Crippen LogP contribution in [-0.2, 0) is 6.42 Å². The van der Waals surface area contributed by atoms with Crippen LogP contribution in [0.25, 0.3) is 0 Å². The van der Waals surface area contributed by atoms with Crippen molar-refractivity contribution in [3.05, 3.63) is 84.4 Å². The maximum absolute atomic E-state index is 3.48. The molecular formula is C26H44. The topological polar surface area (TPSA) is 0 Å². The standard InChI is InChI=1S/C8H10.C7H8.C4H10.C4H8.C3H8/c1-2-8-6-4-3-5-7-8;1-7-5-3-2-4-6-7;2*1-3-4-2;1-3-2/h3-7H,2H2,1H3;2-6H,1H3;3-4H2,1-2H3;3H,1,4H2,2H3;3H2,1-2H3. The Hall–Kier alpha value is -1.82. The molecule has 0 unspecified atom stereocenters. The van der Waals surface area contributed by atoms with Crippen LogP contribution >= 0.6 is 0 Å². The number of unbranched alkanes of at least 4 members (excludes halogenated alkanes) is 1. The zero-order chi connectivity index (χ0) is 20.5. The minimum absolute atomic E-state index is 1.08. The van der Waals surface area contributed by atoms with E-state index in [0.717, 1.165) is 12.8 Å².